The van der Waals surface area contributed by atoms with Gasteiger partial charge in [0.25, 0.3) is 5.91 Å². The predicted molar refractivity (Wildman–Crippen MR) is 111 cm³/mol. The lowest BCUT2D eigenvalue weighted by atomic mass is 10.1. The summed E-state index contributed by atoms with van der Waals surface area (Å²) in [5.74, 6) is 0.777. The minimum Gasteiger partial charge on any atom is -0.378 e. The number of pyridine rings is 1. The smallest absolute Gasteiger partial charge is 0.254 e. The van der Waals surface area contributed by atoms with Crippen LogP contribution < -0.4 is 5.32 Å². The first kappa shape index (κ1) is 20.7. The number of hydrogen-bond acceptors (Lipinski definition) is 7. The van der Waals surface area contributed by atoms with Crippen LogP contribution in [0.1, 0.15) is 28.2 Å². The van der Waals surface area contributed by atoms with Crippen molar-refractivity contribution < 1.29 is 18.8 Å². The van der Waals surface area contributed by atoms with Crippen LogP contribution in [0, 0.1) is 0 Å². The van der Waals surface area contributed by atoms with Crippen LogP contribution in [0.4, 0.5) is 0 Å². The normalized spacial score (nSPS) is 13.7. The fraction of sp³-hybridized carbons (Fsp3) is 0.318. The maximum absolute atomic E-state index is 12.5. The van der Waals surface area contributed by atoms with Gasteiger partial charge in [0.15, 0.2) is 0 Å². The largest absolute Gasteiger partial charge is 0.378 e. The van der Waals surface area contributed by atoms with Crippen molar-refractivity contribution in [1.82, 2.24) is 25.3 Å². The lowest BCUT2D eigenvalue weighted by molar-refractivity contribution is -0.121. The maximum atomic E-state index is 12.5. The predicted octanol–water partition coefficient (Wildman–Crippen LogP) is 1.85. The quantitative estimate of drug-likeness (QED) is 0.620. The number of carbonyl (C=O) groups excluding carboxylic acids is 2. The molecule has 2 amide bonds. The molecule has 2 aromatic heterocycles. The Hall–Kier alpha value is -3.59. The van der Waals surface area contributed by atoms with E-state index in [1.54, 1.807) is 41.6 Å². The molecule has 3 aromatic rings. The Kier molecular flexibility index (Phi) is 6.63. The summed E-state index contributed by atoms with van der Waals surface area (Å²) in [7, 11) is 0. The Morgan fingerprint density at radius 3 is 2.52 bits per heavy atom. The molecule has 3 heterocycles. The van der Waals surface area contributed by atoms with Crippen LogP contribution in [0.5, 0.6) is 0 Å². The number of nitrogens with one attached hydrogen (secondary N) is 1. The number of amides is 2. The molecule has 31 heavy (non-hydrogen) atoms. The van der Waals surface area contributed by atoms with Crippen LogP contribution in [-0.4, -0.2) is 58.1 Å². The van der Waals surface area contributed by atoms with Gasteiger partial charge in [-0.3, -0.25) is 14.6 Å². The number of ether oxygens (including phenoxy) is 1. The number of aryl methyl sites for hydroxylation is 1. The average Bonchev–Trinajstić information content (AvgIpc) is 3.31. The first-order chi connectivity index (χ1) is 15.2. The molecule has 160 valence electrons. The van der Waals surface area contributed by atoms with Crippen LogP contribution in [0.2, 0.25) is 0 Å². The first-order valence-electron chi connectivity index (χ1n) is 10.1. The third-order valence-electron chi connectivity index (χ3n) is 4.96. The highest BCUT2D eigenvalue weighted by molar-refractivity contribution is 5.94. The summed E-state index contributed by atoms with van der Waals surface area (Å²) in [6.45, 7) is 2.76. The minimum atomic E-state index is -0.114. The van der Waals surface area contributed by atoms with Crippen LogP contribution in [-0.2, 0) is 22.5 Å². The minimum absolute atomic E-state index is 0.00424. The molecule has 0 aliphatic carbocycles. The lowest BCUT2D eigenvalue weighted by Crippen LogP contribution is -2.40. The summed E-state index contributed by atoms with van der Waals surface area (Å²) in [6, 6.07) is 10.9. The zero-order valence-electron chi connectivity index (χ0n) is 17.0. The molecule has 0 spiro atoms. The Morgan fingerprint density at radius 2 is 1.77 bits per heavy atom. The summed E-state index contributed by atoms with van der Waals surface area (Å²) in [4.78, 5) is 34.7. The molecule has 4 rings (SSSR count). The van der Waals surface area contributed by atoms with Gasteiger partial charge in [-0.25, -0.2) is 0 Å². The Morgan fingerprint density at radius 1 is 1.03 bits per heavy atom. The van der Waals surface area contributed by atoms with Crippen molar-refractivity contribution in [2.75, 3.05) is 26.3 Å². The fourth-order valence-electron chi connectivity index (χ4n) is 3.20. The van der Waals surface area contributed by atoms with Crippen molar-refractivity contribution in [1.29, 1.82) is 0 Å². The molecule has 1 aliphatic rings. The van der Waals surface area contributed by atoms with E-state index < -0.39 is 0 Å². The van der Waals surface area contributed by atoms with Gasteiger partial charge in [-0.15, -0.1) is 0 Å². The number of hydrogen-bond donors (Lipinski definition) is 1. The fourth-order valence-corrected chi connectivity index (χ4v) is 3.20. The number of rotatable bonds is 7. The van der Waals surface area contributed by atoms with Crippen molar-refractivity contribution >= 4 is 11.8 Å². The second kappa shape index (κ2) is 9.94. The van der Waals surface area contributed by atoms with Gasteiger partial charge in [-0.1, -0.05) is 17.3 Å². The van der Waals surface area contributed by atoms with Crippen LogP contribution in [0.15, 0.2) is 53.3 Å². The van der Waals surface area contributed by atoms with E-state index in [9.17, 15) is 9.59 Å². The van der Waals surface area contributed by atoms with E-state index in [2.05, 4.69) is 20.4 Å². The topological polar surface area (TPSA) is 110 Å². The molecule has 0 radical (unpaired) electrons. The van der Waals surface area contributed by atoms with Crippen molar-refractivity contribution in [3.8, 4) is 11.4 Å². The van der Waals surface area contributed by atoms with Gasteiger partial charge in [0.2, 0.25) is 17.6 Å². The molecular weight excluding hydrogens is 398 g/mol. The van der Waals surface area contributed by atoms with E-state index >= 15 is 0 Å². The molecule has 0 unspecified atom stereocenters. The lowest BCUT2D eigenvalue weighted by Gasteiger charge is -2.26. The van der Waals surface area contributed by atoms with Gasteiger partial charge >= 0.3 is 0 Å². The summed E-state index contributed by atoms with van der Waals surface area (Å²) in [5.41, 5.74) is 2.37. The van der Waals surface area contributed by atoms with E-state index in [4.69, 9.17) is 9.26 Å². The van der Waals surface area contributed by atoms with E-state index in [-0.39, 0.29) is 18.2 Å². The number of benzene rings is 1. The summed E-state index contributed by atoms with van der Waals surface area (Å²) < 4.78 is 10.5. The van der Waals surface area contributed by atoms with Gasteiger partial charge in [0, 0.05) is 56.0 Å². The SMILES string of the molecule is O=C(CCc1nc(-c2ccncc2)no1)NCc1ccc(C(=O)N2CCOCC2)cc1. The molecule has 1 saturated heterocycles. The molecule has 0 saturated carbocycles. The Bertz CT molecular complexity index is 1010. The number of aromatic nitrogens is 3. The number of nitrogens with zero attached hydrogens (tertiary/aromatic N) is 4. The molecule has 1 aliphatic heterocycles. The number of morpholine rings is 1. The third-order valence-corrected chi connectivity index (χ3v) is 4.96. The highest BCUT2D eigenvalue weighted by Gasteiger charge is 2.18. The van der Waals surface area contributed by atoms with Crippen molar-refractivity contribution in [2.24, 2.45) is 0 Å². The molecule has 1 N–H and O–H groups in total. The summed E-state index contributed by atoms with van der Waals surface area (Å²) in [5, 5.41) is 6.80. The molecule has 9 nitrogen and oxygen atoms in total. The number of carbonyl (C=O) groups is 2. The molecular formula is C22H23N5O4. The van der Waals surface area contributed by atoms with Crippen LogP contribution in [0.25, 0.3) is 11.4 Å². The average molecular weight is 421 g/mol. The monoisotopic (exact) mass is 421 g/mol. The molecule has 1 fully saturated rings. The van der Waals surface area contributed by atoms with Gasteiger partial charge in [0.1, 0.15) is 0 Å². The summed E-state index contributed by atoms with van der Waals surface area (Å²) in [6.07, 6.45) is 3.91. The van der Waals surface area contributed by atoms with E-state index in [0.717, 1.165) is 11.1 Å². The molecule has 0 bridgehead atoms. The van der Waals surface area contributed by atoms with E-state index in [0.29, 0.717) is 56.5 Å². The van der Waals surface area contributed by atoms with E-state index in [1.165, 1.54) is 0 Å². The third kappa shape index (κ3) is 5.52. The zero-order valence-corrected chi connectivity index (χ0v) is 17.0. The van der Waals surface area contributed by atoms with Crippen LogP contribution in [0.3, 0.4) is 0 Å². The maximum Gasteiger partial charge on any atom is 0.254 e. The highest BCUT2D eigenvalue weighted by Crippen LogP contribution is 2.15. The zero-order chi connectivity index (χ0) is 21.5. The van der Waals surface area contributed by atoms with Crippen LogP contribution >= 0.6 is 0 Å². The van der Waals surface area contributed by atoms with E-state index in [1.807, 2.05) is 12.1 Å². The standard InChI is InChI=1S/C22H23N5O4/c28-19(5-6-20-25-21(26-31-20)17-7-9-23-10-8-17)24-15-16-1-3-18(4-2-16)22(29)27-11-13-30-14-12-27/h1-4,7-10H,5-6,11-15H2,(H,24,28). The Balaban J connectivity index is 1.23. The summed E-state index contributed by atoms with van der Waals surface area (Å²) >= 11 is 0. The molecule has 1 aromatic carbocycles. The van der Waals surface area contributed by atoms with Crippen molar-refractivity contribution in [3.63, 3.8) is 0 Å². The first-order valence-corrected chi connectivity index (χ1v) is 10.1. The van der Waals surface area contributed by atoms with Crippen molar-refractivity contribution in [3.05, 3.63) is 65.8 Å². The molecule has 0 atom stereocenters. The second-order valence-corrected chi connectivity index (χ2v) is 7.13. The van der Waals surface area contributed by atoms with Crippen molar-refractivity contribution in [2.45, 2.75) is 19.4 Å². The van der Waals surface area contributed by atoms with Gasteiger partial charge in [-0.2, -0.15) is 4.98 Å². The second-order valence-electron chi connectivity index (χ2n) is 7.13. The molecule has 9 heteroatoms. The van der Waals surface area contributed by atoms with Gasteiger partial charge in [-0.05, 0) is 29.8 Å². The van der Waals surface area contributed by atoms with Gasteiger partial charge in [0.05, 0.1) is 13.2 Å². The van der Waals surface area contributed by atoms with Gasteiger partial charge < -0.3 is 19.5 Å². The highest BCUT2D eigenvalue weighted by atomic mass is 16.5. The Labute approximate surface area is 179 Å².